The molecule has 0 bridgehead atoms. The molecule has 3 heterocycles. The zero-order valence-corrected chi connectivity index (χ0v) is 22.6. The molecule has 0 aliphatic rings. The van der Waals surface area contributed by atoms with Gasteiger partial charge in [0.2, 0.25) is 4.96 Å². The maximum absolute atomic E-state index is 13.3. The molecule has 0 aliphatic carbocycles. The summed E-state index contributed by atoms with van der Waals surface area (Å²) >= 11 is 1.33. The molecule has 0 N–H and O–H groups in total. The van der Waals surface area contributed by atoms with Crippen LogP contribution in [0.3, 0.4) is 0 Å². The Bertz CT molecular complexity index is 1860. The highest BCUT2D eigenvalue weighted by molar-refractivity contribution is 7.15. The molecule has 0 fully saturated rings. The highest BCUT2D eigenvalue weighted by atomic mass is 32.1. The molecule has 39 heavy (non-hydrogen) atoms. The number of thiazole rings is 1. The normalized spacial score (nSPS) is 11.9. The molecule has 0 aliphatic heterocycles. The second-order valence-corrected chi connectivity index (χ2v) is 10.3. The van der Waals surface area contributed by atoms with Gasteiger partial charge in [-0.25, -0.2) is 4.68 Å². The van der Waals surface area contributed by atoms with Gasteiger partial charge in [0.15, 0.2) is 5.82 Å². The minimum absolute atomic E-state index is 0.195. The van der Waals surface area contributed by atoms with Gasteiger partial charge in [0, 0.05) is 22.9 Å². The van der Waals surface area contributed by atoms with Crippen molar-refractivity contribution < 1.29 is 4.74 Å². The van der Waals surface area contributed by atoms with Crippen molar-refractivity contribution in [2.75, 3.05) is 6.61 Å². The standard InChI is InChI=1S/C31H27N5O2S/c1-3-4-17-38-25-15-16-26(21(2)18-25)28-23(20-35(33-28)24-13-9-6-10-14-24)19-27-30(37)36-31(39-27)32-29(34-36)22-11-7-5-8-12-22/h5-16,18-20H,3-4,17H2,1-2H3/b27-19-. The van der Waals surface area contributed by atoms with Gasteiger partial charge in [-0.1, -0.05) is 73.2 Å². The first-order valence-corrected chi connectivity index (χ1v) is 13.8. The van der Waals surface area contributed by atoms with Crippen molar-refractivity contribution in [1.82, 2.24) is 24.4 Å². The lowest BCUT2D eigenvalue weighted by molar-refractivity contribution is 0.309. The molecule has 0 amide bonds. The Morgan fingerprint density at radius 3 is 2.46 bits per heavy atom. The van der Waals surface area contributed by atoms with Crippen LogP contribution in [0.2, 0.25) is 0 Å². The molecular formula is C31H27N5O2S. The molecule has 3 aromatic carbocycles. The van der Waals surface area contributed by atoms with E-state index >= 15 is 0 Å². The third kappa shape index (κ3) is 4.98. The molecule has 0 radical (unpaired) electrons. The maximum atomic E-state index is 13.3. The van der Waals surface area contributed by atoms with E-state index in [2.05, 4.69) is 23.9 Å². The zero-order valence-electron chi connectivity index (χ0n) is 21.7. The van der Waals surface area contributed by atoms with Gasteiger partial charge in [0.05, 0.1) is 16.8 Å². The second kappa shape index (κ2) is 10.7. The molecule has 6 rings (SSSR count). The fourth-order valence-electron chi connectivity index (χ4n) is 4.43. The van der Waals surface area contributed by atoms with E-state index in [1.54, 1.807) is 0 Å². The number of benzene rings is 3. The lowest BCUT2D eigenvalue weighted by Crippen LogP contribution is -2.23. The maximum Gasteiger partial charge on any atom is 0.291 e. The van der Waals surface area contributed by atoms with Crippen LogP contribution in [0.4, 0.5) is 0 Å². The Balaban J connectivity index is 1.44. The molecule has 3 aromatic heterocycles. The van der Waals surface area contributed by atoms with Gasteiger partial charge in [-0.2, -0.15) is 14.6 Å². The first-order chi connectivity index (χ1) is 19.1. The summed E-state index contributed by atoms with van der Waals surface area (Å²) in [4.78, 5) is 18.5. The molecule has 0 spiro atoms. The average Bonchev–Trinajstić information content (AvgIpc) is 3.65. The summed E-state index contributed by atoms with van der Waals surface area (Å²) in [5.41, 5.74) is 5.28. The van der Waals surface area contributed by atoms with Crippen molar-refractivity contribution >= 4 is 22.4 Å². The van der Waals surface area contributed by atoms with Gasteiger partial charge in [0.25, 0.3) is 5.56 Å². The first kappa shape index (κ1) is 24.8. The fraction of sp³-hybridized carbons (Fsp3) is 0.161. The third-order valence-electron chi connectivity index (χ3n) is 6.48. The van der Waals surface area contributed by atoms with E-state index in [9.17, 15) is 4.79 Å². The smallest absolute Gasteiger partial charge is 0.291 e. The van der Waals surface area contributed by atoms with E-state index in [4.69, 9.17) is 9.84 Å². The van der Waals surface area contributed by atoms with Crippen LogP contribution in [-0.4, -0.2) is 31.0 Å². The largest absolute Gasteiger partial charge is 0.494 e. The van der Waals surface area contributed by atoms with E-state index in [1.165, 1.54) is 15.9 Å². The number of nitrogens with zero attached hydrogens (tertiary/aromatic N) is 5. The highest BCUT2D eigenvalue weighted by Gasteiger charge is 2.16. The highest BCUT2D eigenvalue weighted by Crippen LogP contribution is 2.30. The summed E-state index contributed by atoms with van der Waals surface area (Å²) in [7, 11) is 0. The van der Waals surface area contributed by atoms with Crippen molar-refractivity contribution in [2.45, 2.75) is 26.7 Å². The Labute approximate surface area is 229 Å². The second-order valence-electron chi connectivity index (χ2n) is 9.30. The number of hydrogen-bond donors (Lipinski definition) is 0. The molecular weight excluding hydrogens is 506 g/mol. The lowest BCUT2D eigenvalue weighted by Gasteiger charge is -2.09. The van der Waals surface area contributed by atoms with Crippen LogP contribution in [0.5, 0.6) is 5.75 Å². The number of para-hydroxylation sites is 1. The summed E-state index contributed by atoms with van der Waals surface area (Å²) in [6.45, 7) is 4.90. The molecule has 0 atom stereocenters. The van der Waals surface area contributed by atoms with Gasteiger partial charge in [-0.05, 0) is 55.3 Å². The summed E-state index contributed by atoms with van der Waals surface area (Å²) in [5, 5.41) is 9.43. The molecule has 8 heteroatoms. The van der Waals surface area contributed by atoms with Crippen LogP contribution in [0.15, 0.2) is 89.9 Å². The van der Waals surface area contributed by atoms with Crippen LogP contribution in [-0.2, 0) is 0 Å². The third-order valence-corrected chi connectivity index (χ3v) is 7.44. The van der Waals surface area contributed by atoms with Crippen LogP contribution in [0.25, 0.3) is 39.4 Å². The Morgan fingerprint density at radius 2 is 1.74 bits per heavy atom. The van der Waals surface area contributed by atoms with Crippen LogP contribution < -0.4 is 14.8 Å². The quantitative estimate of drug-likeness (QED) is 0.235. The van der Waals surface area contributed by atoms with Gasteiger partial charge in [-0.15, -0.1) is 5.10 Å². The lowest BCUT2D eigenvalue weighted by atomic mass is 10.0. The predicted octanol–water partition coefficient (Wildman–Crippen LogP) is 5.71. The molecule has 0 saturated carbocycles. The number of aromatic nitrogens is 5. The number of rotatable bonds is 8. The number of ether oxygens (including phenoxy) is 1. The van der Waals surface area contributed by atoms with Crippen molar-refractivity contribution in [3.8, 4) is 34.1 Å². The van der Waals surface area contributed by atoms with Gasteiger partial charge >= 0.3 is 0 Å². The molecule has 0 unspecified atom stereocenters. The zero-order chi connectivity index (χ0) is 26.8. The Hall–Kier alpha value is -4.56. The van der Waals surface area contributed by atoms with E-state index in [1.807, 2.05) is 95.8 Å². The summed E-state index contributed by atoms with van der Waals surface area (Å²) in [6.07, 6.45) is 5.95. The van der Waals surface area contributed by atoms with Gasteiger partial charge in [-0.3, -0.25) is 4.79 Å². The number of unbranched alkanes of at least 4 members (excludes halogenated alkanes) is 1. The number of aryl methyl sites for hydroxylation is 1. The van der Waals surface area contributed by atoms with E-state index in [-0.39, 0.29) is 5.56 Å². The average molecular weight is 534 g/mol. The van der Waals surface area contributed by atoms with Crippen molar-refractivity contribution in [3.05, 3.63) is 111 Å². The molecule has 7 nitrogen and oxygen atoms in total. The van der Waals surface area contributed by atoms with Crippen molar-refractivity contribution in [2.24, 2.45) is 0 Å². The number of fused-ring (bicyclic) bond motifs is 1. The van der Waals surface area contributed by atoms with Crippen molar-refractivity contribution in [3.63, 3.8) is 0 Å². The predicted molar refractivity (Wildman–Crippen MR) is 155 cm³/mol. The minimum Gasteiger partial charge on any atom is -0.494 e. The summed E-state index contributed by atoms with van der Waals surface area (Å²) in [5.74, 6) is 1.39. The summed E-state index contributed by atoms with van der Waals surface area (Å²) < 4.78 is 9.69. The topological polar surface area (TPSA) is 74.3 Å². The summed E-state index contributed by atoms with van der Waals surface area (Å²) in [6, 6.07) is 25.7. The molecule has 0 saturated heterocycles. The fourth-order valence-corrected chi connectivity index (χ4v) is 5.32. The minimum atomic E-state index is -0.195. The number of hydrogen-bond acceptors (Lipinski definition) is 6. The van der Waals surface area contributed by atoms with Crippen LogP contribution in [0, 0.1) is 6.92 Å². The van der Waals surface area contributed by atoms with E-state index < -0.39 is 0 Å². The monoisotopic (exact) mass is 533 g/mol. The Morgan fingerprint density at radius 1 is 0.974 bits per heavy atom. The van der Waals surface area contributed by atoms with Gasteiger partial charge in [0.1, 0.15) is 11.4 Å². The molecule has 6 aromatic rings. The van der Waals surface area contributed by atoms with Crippen LogP contribution >= 0.6 is 11.3 Å². The van der Waals surface area contributed by atoms with Crippen LogP contribution in [0.1, 0.15) is 30.9 Å². The molecule has 194 valence electrons. The SMILES string of the molecule is CCCCOc1ccc(-c2nn(-c3ccccc3)cc2/C=c2\sc3nc(-c4ccccc4)nn3c2=O)c(C)c1. The first-order valence-electron chi connectivity index (χ1n) is 13.0. The van der Waals surface area contributed by atoms with E-state index in [0.717, 1.165) is 52.2 Å². The van der Waals surface area contributed by atoms with Crippen molar-refractivity contribution in [1.29, 1.82) is 0 Å². The Kier molecular flexibility index (Phi) is 6.77. The van der Waals surface area contributed by atoms with E-state index in [0.29, 0.717) is 21.9 Å². The van der Waals surface area contributed by atoms with Gasteiger partial charge < -0.3 is 4.74 Å².